The average Bonchev–Trinajstić information content (AvgIpc) is 2.54. The molecule has 0 saturated carbocycles. The molecule has 0 radical (unpaired) electrons. The normalized spacial score (nSPS) is 13.8. The molecule has 0 bridgehead atoms. The predicted molar refractivity (Wildman–Crippen MR) is 81.3 cm³/mol. The summed E-state index contributed by atoms with van der Waals surface area (Å²) in [6, 6.07) is 12.8. The summed E-state index contributed by atoms with van der Waals surface area (Å²) in [7, 11) is 0. The molecule has 104 valence electrons. The number of rotatable bonds is 1. The van der Waals surface area contributed by atoms with Gasteiger partial charge in [-0.3, -0.25) is 4.79 Å². The number of aromatic amines is 1. The molecule has 1 aromatic carbocycles. The Bertz CT molecular complexity index is 873. The number of ether oxygens (including phenoxy) is 1. The molecular formula is C16H13N3O2. The molecule has 21 heavy (non-hydrogen) atoms. The zero-order valence-corrected chi connectivity index (χ0v) is 11.2. The van der Waals surface area contributed by atoms with E-state index >= 15 is 0 Å². The Morgan fingerprint density at radius 3 is 3.05 bits per heavy atom. The van der Waals surface area contributed by atoms with Gasteiger partial charge in [0.25, 0.3) is 0 Å². The summed E-state index contributed by atoms with van der Waals surface area (Å²) in [6.07, 6.45) is 1.72. The molecule has 0 saturated heterocycles. The van der Waals surface area contributed by atoms with Gasteiger partial charge in [-0.2, -0.15) is 0 Å². The highest BCUT2D eigenvalue weighted by Crippen LogP contribution is 2.33. The van der Waals surface area contributed by atoms with Crippen molar-refractivity contribution in [3.63, 3.8) is 0 Å². The lowest BCUT2D eigenvalue weighted by Crippen LogP contribution is -2.30. The fourth-order valence-corrected chi connectivity index (χ4v) is 2.61. The largest absolute Gasteiger partial charge is 0.488 e. The molecule has 0 spiro atoms. The van der Waals surface area contributed by atoms with Crippen LogP contribution in [0.4, 0.5) is 11.6 Å². The SMILES string of the molecule is O=c1cc(N2CCOc3cccnc32)[nH]c2ccccc12. The molecule has 3 heterocycles. The molecule has 5 nitrogen and oxygen atoms in total. The van der Waals surface area contributed by atoms with Gasteiger partial charge in [-0.05, 0) is 24.3 Å². The first-order chi connectivity index (χ1) is 10.3. The van der Waals surface area contributed by atoms with E-state index in [4.69, 9.17) is 4.74 Å². The van der Waals surface area contributed by atoms with Crippen molar-refractivity contribution < 1.29 is 4.74 Å². The van der Waals surface area contributed by atoms with Gasteiger partial charge in [0.2, 0.25) is 0 Å². The maximum absolute atomic E-state index is 12.3. The van der Waals surface area contributed by atoms with Gasteiger partial charge in [0.05, 0.1) is 12.1 Å². The number of hydrogen-bond acceptors (Lipinski definition) is 4. The highest BCUT2D eigenvalue weighted by Gasteiger charge is 2.21. The van der Waals surface area contributed by atoms with Crippen LogP contribution in [0.2, 0.25) is 0 Å². The van der Waals surface area contributed by atoms with Crippen molar-refractivity contribution in [2.45, 2.75) is 0 Å². The standard InChI is InChI=1S/C16H13N3O2/c20-13-10-15(18-12-5-2-1-4-11(12)13)19-8-9-21-14-6-3-7-17-16(14)19/h1-7,10H,8-9H2,(H,18,20). The van der Waals surface area contributed by atoms with Crippen molar-refractivity contribution in [3.05, 3.63) is 58.9 Å². The molecule has 3 aromatic rings. The highest BCUT2D eigenvalue weighted by atomic mass is 16.5. The number of nitrogens with zero attached hydrogens (tertiary/aromatic N) is 2. The lowest BCUT2D eigenvalue weighted by atomic mass is 10.2. The van der Waals surface area contributed by atoms with E-state index < -0.39 is 0 Å². The topological polar surface area (TPSA) is 58.2 Å². The molecule has 1 aliphatic rings. The van der Waals surface area contributed by atoms with Crippen LogP contribution in [-0.4, -0.2) is 23.1 Å². The lowest BCUT2D eigenvalue weighted by molar-refractivity contribution is 0.311. The van der Waals surface area contributed by atoms with Crippen molar-refractivity contribution in [3.8, 4) is 5.75 Å². The van der Waals surface area contributed by atoms with Gasteiger partial charge in [-0.15, -0.1) is 0 Å². The third-order valence-corrected chi connectivity index (χ3v) is 3.59. The third-order valence-electron chi connectivity index (χ3n) is 3.59. The Labute approximate surface area is 120 Å². The summed E-state index contributed by atoms with van der Waals surface area (Å²) in [5.74, 6) is 2.20. The Morgan fingerprint density at radius 1 is 1.19 bits per heavy atom. The molecule has 2 aromatic heterocycles. The first-order valence-corrected chi connectivity index (χ1v) is 6.80. The molecule has 0 fully saturated rings. The number of hydrogen-bond donors (Lipinski definition) is 1. The van der Waals surface area contributed by atoms with Crippen molar-refractivity contribution >= 4 is 22.5 Å². The fraction of sp³-hybridized carbons (Fsp3) is 0.125. The summed E-state index contributed by atoms with van der Waals surface area (Å²) in [6.45, 7) is 1.21. The van der Waals surface area contributed by atoms with E-state index in [-0.39, 0.29) is 5.43 Å². The Morgan fingerprint density at radius 2 is 2.10 bits per heavy atom. The van der Waals surface area contributed by atoms with E-state index in [1.165, 1.54) is 0 Å². The maximum atomic E-state index is 12.3. The van der Waals surface area contributed by atoms with E-state index in [1.807, 2.05) is 41.3 Å². The molecular weight excluding hydrogens is 266 g/mol. The van der Waals surface area contributed by atoms with Crippen LogP contribution in [-0.2, 0) is 0 Å². The molecule has 0 atom stereocenters. The predicted octanol–water partition coefficient (Wildman–Crippen LogP) is 2.45. The monoisotopic (exact) mass is 279 g/mol. The van der Waals surface area contributed by atoms with Crippen LogP contribution in [0.5, 0.6) is 5.75 Å². The molecule has 1 aliphatic heterocycles. The van der Waals surface area contributed by atoms with E-state index in [2.05, 4.69) is 9.97 Å². The number of pyridine rings is 2. The first kappa shape index (κ1) is 12.0. The molecule has 5 heteroatoms. The molecule has 0 amide bonds. The molecule has 0 unspecified atom stereocenters. The quantitative estimate of drug-likeness (QED) is 0.743. The number of H-pyrrole nitrogens is 1. The summed E-state index contributed by atoms with van der Waals surface area (Å²) >= 11 is 0. The van der Waals surface area contributed by atoms with Crippen LogP contribution in [0.3, 0.4) is 0 Å². The van der Waals surface area contributed by atoms with Crippen LogP contribution >= 0.6 is 0 Å². The number of anilines is 2. The summed E-state index contributed by atoms with van der Waals surface area (Å²) in [5, 5.41) is 0.691. The van der Waals surface area contributed by atoms with Gasteiger partial charge < -0.3 is 14.6 Å². The van der Waals surface area contributed by atoms with Crippen molar-refractivity contribution in [2.75, 3.05) is 18.1 Å². The van der Waals surface area contributed by atoms with Crippen molar-refractivity contribution in [1.82, 2.24) is 9.97 Å². The minimum Gasteiger partial charge on any atom is -0.488 e. The van der Waals surface area contributed by atoms with Gasteiger partial charge in [-0.1, -0.05) is 12.1 Å². The third kappa shape index (κ3) is 1.94. The van der Waals surface area contributed by atoms with Gasteiger partial charge in [0.1, 0.15) is 12.4 Å². The number of nitrogens with one attached hydrogen (secondary N) is 1. The lowest BCUT2D eigenvalue weighted by Gasteiger charge is -2.29. The fourth-order valence-electron chi connectivity index (χ4n) is 2.61. The number of para-hydroxylation sites is 1. The highest BCUT2D eigenvalue weighted by molar-refractivity contribution is 5.81. The molecule has 4 rings (SSSR count). The van der Waals surface area contributed by atoms with Crippen LogP contribution in [0.1, 0.15) is 0 Å². The van der Waals surface area contributed by atoms with E-state index in [1.54, 1.807) is 12.3 Å². The minimum absolute atomic E-state index is 0.00308. The maximum Gasteiger partial charge on any atom is 0.191 e. The zero-order chi connectivity index (χ0) is 14.2. The van der Waals surface area contributed by atoms with Crippen molar-refractivity contribution in [2.24, 2.45) is 0 Å². The van der Waals surface area contributed by atoms with Gasteiger partial charge in [0, 0.05) is 17.6 Å². The number of benzene rings is 1. The Hall–Kier alpha value is -2.82. The van der Waals surface area contributed by atoms with Crippen LogP contribution in [0.15, 0.2) is 53.5 Å². The van der Waals surface area contributed by atoms with Gasteiger partial charge >= 0.3 is 0 Å². The van der Waals surface area contributed by atoms with Crippen LogP contribution in [0.25, 0.3) is 10.9 Å². The van der Waals surface area contributed by atoms with Crippen LogP contribution < -0.4 is 15.1 Å². The second-order valence-electron chi connectivity index (χ2n) is 4.89. The number of fused-ring (bicyclic) bond motifs is 2. The van der Waals surface area contributed by atoms with E-state index in [9.17, 15) is 4.79 Å². The minimum atomic E-state index is 0.00308. The van der Waals surface area contributed by atoms with E-state index in [0.717, 1.165) is 22.9 Å². The molecule has 1 N–H and O–H groups in total. The van der Waals surface area contributed by atoms with Gasteiger partial charge in [0.15, 0.2) is 17.0 Å². The van der Waals surface area contributed by atoms with Crippen LogP contribution in [0, 0.1) is 0 Å². The second kappa shape index (κ2) is 4.63. The summed E-state index contributed by atoms with van der Waals surface area (Å²) in [4.78, 5) is 21.9. The summed E-state index contributed by atoms with van der Waals surface area (Å²) in [5.41, 5.74) is 0.826. The van der Waals surface area contributed by atoms with Crippen molar-refractivity contribution in [1.29, 1.82) is 0 Å². The van der Waals surface area contributed by atoms with Gasteiger partial charge in [-0.25, -0.2) is 4.98 Å². The Balaban J connectivity index is 1.90. The first-order valence-electron chi connectivity index (χ1n) is 6.80. The second-order valence-corrected chi connectivity index (χ2v) is 4.89. The Kier molecular flexibility index (Phi) is 2.64. The van der Waals surface area contributed by atoms with E-state index in [0.29, 0.717) is 18.5 Å². The summed E-state index contributed by atoms with van der Waals surface area (Å²) < 4.78 is 5.60. The zero-order valence-electron chi connectivity index (χ0n) is 11.2. The number of aromatic nitrogens is 2. The molecule has 0 aliphatic carbocycles. The smallest absolute Gasteiger partial charge is 0.191 e. The average molecular weight is 279 g/mol.